The number of carbonyl (C=O) groups is 1. The molecule has 2 aromatic carbocycles. The number of aromatic nitrogens is 1. The van der Waals surface area contributed by atoms with Gasteiger partial charge in [-0.05, 0) is 49.6 Å². The van der Waals surface area contributed by atoms with E-state index in [-0.39, 0.29) is 11.9 Å². The average Bonchev–Trinajstić information content (AvgIpc) is 3.16. The first-order chi connectivity index (χ1) is 15.1. The summed E-state index contributed by atoms with van der Waals surface area (Å²) in [7, 11) is 0. The van der Waals surface area contributed by atoms with Gasteiger partial charge in [0.1, 0.15) is 22.2 Å². The number of hydrogen-bond acceptors (Lipinski definition) is 5. The van der Waals surface area contributed by atoms with Gasteiger partial charge in [-0.1, -0.05) is 41.9 Å². The van der Waals surface area contributed by atoms with E-state index >= 15 is 0 Å². The van der Waals surface area contributed by atoms with Crippen LogP contribution in [-0.2, 0) is 13.2 Å². The molecule has 162 valence electrons. The van der Waals surface area contributed by atoms with E-state index in [1.807, 2.05) is 25.1 Å². The summed E-state index contributed by atoms with van der Waals surface area (Å²) in [5.41, 5.74) is 2.08. The van der Waals surface area contributed by atoms with Crippen LogP contribution < -0.4 is 10.1 Å². The standard InChI is InChI=1S/C24H26ClN3O2S/c1-17-23(31-22(26-17)16-30-21-9-7-19(25)8-10-21)24(29)27-20-11-13-28(14-12-20)15-18-5-3-2-4-6-18/h2-10,20H,11-16H2,1H3,(H,27,29). The molecule has 1 aromatic heterocycles. The summed E-state index contributed by atoms with van der Waals surface area (Å²) < 4.78 is 5.76. The first-order valence-corrected chi connectivity index (χ1v) is 11.7. The van der Waals surface area contributed by atoms with E-state index in [4.69, 9.17) is 16.3 Å². The van der Waals surface area contributed by atoms with E-state index in [0.29, 0.717) is 16.5 Å². The van der Waals surface area contributed by atoms with Crippen molar-refractivity contribution < 1.29 is 9.53 Å². The van der Waals surface area contributed by atoms with Gasteiger partial charge in [0.15, 0.2) is 0 Å². The molecule has 1 aliphatic rings. The number of aryl methyl sites for hydroxylation is 1. The first kappa shape index (κ1) is 21.8. The van der Waals surface area contributed by atoms with Crippen molar-refractivity contribution in [2.45, 2.75) is 39.0 Å². The summed E-state index contributed by atoms with van der Waals surface area (Å²) in [6, 6.07) is 17.9. The van der Waals surface area contributed by atoms with Gasteiger partial charge in [-0.25, -0.2) is 4.98 Å². The van der Waals surface area contributed by atoms with Crippen LogP contribution in [0.15, 0.2) is 54.6 Å². The van der Waals surface area contributed by atoms with Crippen molar-refractivity contribution in [2.24, 2.45) is 0 Å². The minimum Gasteiger partial charge on any atom is -0.486 e. The highest BCUT2D eigenvalue weighted by atomic mass is 35.5. The zero-order valence-corrected chi connectivity index (χ0v) is 19.1. The SMILES string of the molecule is Cc1nc(COc2ccc(Cl)cc2)sc1C(=O)NC1CCN(Cc2ccccc2)CC1. The largest absolute Gasteiger partial charge is 0.486 e. The van der Waals surface area contributed by atoms with Crippen LogP contribution in [0.5, 0.6) is 5.75 Å². The van der Waals surface area contributed by atoms with Gasteiger partial charge in [-0.2, -0.15) is 0 Å². The summed E-state index contributed by atoms with van der Waals surface area (Å²) >= 11 is 7.30. The number of nitrogens with one attached hydrogen (secondary N) is 1. The Morgan fingerprint density at radius 2 is 1.87 bits per heavy atom. The Labute approximate surface area is 192 Å². The van der Waals surface area contributed by atoms with Gasteiger partial charge < -0.3 is 10.1 Å². The van der Waals surface area contributed by atoms with Crippen LogP contribution in [0, 0.1) is 6.92 Å². The maximum Gasteiger partial charge on any atom is 0.263 e. The van der Waals surface area contributed by atoms with Crippen molar-refractivity contribution in [3.05, 3.63) is 80.8 Å². The Morgan fingerprint density at radius 1 is 1.16 bits per heavy atom. The number of piperidine rings is 1. The molecule has 1 N–H and O–H groups in total. The molecule has 0 unspecified atom stereocenters. The second-order valence-electron chi connectivity index (χ2n) is 7.77. The molecule has 1 fully saturated rings. The van der Waals surface area contributed by atoms with Crippen LogP contribution in [0.2, 0.25) is 5.02 Å². The zero-order chi connectivity index (χ0) is 21.6. The van der Waals surface area contributed by atoms with E-state index in [9.17, 15) is 4.79 Å². The molecule has 5 nitrogen and oxygen atoms in total. The second kappa shape index (κ2) is 10.3. The molecule has 0 saturated carbocycles. The average molecular weight is 456 g/mol. The number of carbonyl (C=O) groups excluding carboxylic acids is 1. The van der Waals surface area contributed by atoms with Gasteiger partial charge in [0.2, 0.25) is 0 Å². The van der Waals surface area contributed by atoms with E-state index in [1.54, 1.807) is 12.1 Å². The highest BCUT2D eigenvalue weighted by Crippen LogP contribution is 2.22. The molecule has 7 heteroatoms. The fourth-order valence-corrected chi connectivity index (χ4v) is 4.74. The van der Waals surface area contributed by atoms with Gasteiger partial charge in [-0.3, -0.25) is 9.69 Å². The van der Waals surface area contributed by atoms with Crippen LogP contribution in [0.4, 0.5) is 0 Å². The van der Waals surface area contributed by atoms with Gasteiger partial charge in [0, 0.05) is 30.7 Å². The number of likely N-dealkylation sites (tertiary alicyclic amines) is 1. The third-order valence-electron chi connectivity index (χ3n) is 5.39. The third-order valence-corrected chi connectivity index (χ3v) is 6.78. The summed E-state index contributed by atoms with van der Waals surface area (Å²) in [6.45, 7) is 5.15. The van der Waals surface area contributed by atoms with Crippen molar-refractivity contribution in [1.82, 2.24) is 15.2 Å². The molecule has 0 radical (unpaired) electrons. The molecule has 1 saturated heterocycles. The minimum atomic E-state index is -0.0331. The van der Waals surface area contributed by atoms with Crippen molar-refractivity contribution in [2.75, 3.05) is 13.1 Å². The summed E-state index contributed by atoms with van der Waals surface area (Å²) in [5.74, 6) is 0.694. The van der Waals surface area contributed by atoms with Crippen LogP contribution in [0.1, 0.15) is 38.8 Å². The Hall–Kier alpha value is -2.41. The van der Waals surface area contributed by atoms with Crippen molar-refractivity contribution in [1.29, 1.82) is 0 Å². The number of thiazole rings is 1. The quantitative estimate of drug-likeness (QED) is 0.539. The Kier molecular flexibility index (Phi) is 7.22. The number of amides is 1. The Balaban J connectivity index is 1.26. The second-order valence-corrected chi connectivity index (χ2v) is 9.29. The minimum absolute atomic E-state index is 0.0331. The lowest BCUT2D eigenvalue weighted by atomic mass is 10.0. The topological polar surface area (TPSA) is 54.5 Å². The summed E-state index contributed by atoms with van der Waals surface area (Å²) in [5, 5.41) is 4.66. The highest BCUT2D eigenvalue weighted by Gasteiger charge is 2.23. The molecule has 0 spiro atoms. The van der Waals surface area contributed by atoms with Crippen molar-refractivity contribution in [3.8, 4) is 5.75 Å². The molecule has 0 bridgehead atoms. The number of ether oxygens (including phenoxy) is 1. The molecule has 4 rings (SSSR count). The van der Waals surface area contributed by atoms with Gasteiger partial charge in [0.25, 0.3) is 5.91 Å². The zero-order valence-electron chi connectivity index (χ0n) is 17.5. The maximum atomic E-state index is 12.8. The summed E-state index contributed by atoms with van der Waals surface area (Å²) in [6.07, 6.45) is 1.92. The molecule has 0 atom stereocenters. The molecule has 31 heavy (non-hydrogen) atoms. The molecule has 1 amide bonds. The number of hydrogen-bond donors (Lipinski definition) is 1. The van der Waals surface area contributed by atoms with Gasteiger partial charge >= 0.3 is 0 Å². The highest BCUT2D eigenvalue weighted by molar-refractivity contribution is 7.13. The van der Waals surface area contributed by atoms with Crippen LogP contribution in [0.3, 0.4) is 0 Å². The predicted molar refractivity (Wildman–Crippen MR) is 125 cm³/mol. The lowest BCUT2D eigenvalue weighted by molar-refractivity contribution is 0.0912. The summed E-state index contributed by atoms with van der Waals surface area (Å²) in [4.78, 5) is 20.5. The smallest absolute Gasteiger partial charge is 0.263 e. The van der Waals surface area contributed by atoms with Crippen LogP contribution in [-0.4, -0.2) is 34.9 Å². The predicted octanol–water partition coefficient (Wildman–Crippen LogP) is 5.08. The Morgan fingerprint density at radius 3 is 2.58 bits per heavy atom. The van der Waals surface area contributed by atoms with Crippen molar-refractivity contribution in [3.63, 3.8) is 0 Å². The lowest BCUT2D eigenvalue weighted by Crippen LogP contribution is -2.44. The molecule has 3 aromatic rings. The maximum absolute atomic E-state index is 12.8. The van der Waals surface area contributed by atoms with E-state index in [1.165, 1.54) is 16.9 Å². The number of benzene rings is 2. The molecule has 0 aliphatic carbocycles. The number of halogens is 1. The van der Waals surface area contributed by atoms with Crippen LogP contribution in [0.25, 0.3) is 0 Å². The van der Waals surface area contributed by atoms with E-state index in [0.717, 1.165) is 48.9 Å². The van der Waals surface area contributed by atoms with Crippen LogP contribution >= 0.6 is 22.9 Å². The first-order valence-electron chi connectivity index (χ1n) is 10.5. The fourth-order valence-electron chi connectivity index (χ4n) is 3.73. The lowest BCUT2D eigenvalue weighted by Gasteiger charge is -2.32. The van der Waals surface area contributed by atoms with Crippen molar-refractivity contribution >= 4 is 28.8 Å². The Bertz CT molecular complexity index is 999. The van der Waals surface area contributed by atoms with E-state index in [2.05, 4.69) is 39.5 Å². The molecule has 2 heterocycles. The van der Waals surface area contributed by atoms with Gasteiger partial charge in [0.05, 0.1) is 5.69 Å². The molecular weight excluding hydrogens is 430 g/mol. The number of nitrogens with zero attached hydrogens (tertiary/aromatic N) is 2. The number of rotatable bonds is 7. The molecule has 1 aliphatic heterocycles. The van der Waals surface area contributed by atoms with E-state index < -0.39 is 0 Å². The monoisotopic (exact) mass is 455 g/mol. The normalized spacial score (nSPS) is 15.0. The fraction of sp³-hybridized carbons (Fsp3) is 0.333. The van der Waals surface area contributed by atoms with Gasteiger partial charge in [-0.15, -0.1) is 11.3 Å². The molecular formula is C24H26ClN3O2S. The third kappa shape index (κ3) is 6.06.